The molecule has 3 aromatic heterocycles. The number of H-pyrrole nitrogens is 1. The van der Waals surface area contributed by atoms with Gasteiger partial charge in [0.15, 0.2) is 11.0 Å². The van der Waals surface area contributed by atoms with Crippen molar-refractivity contribution in [3.63, 3.8) is 0 Å². The van der Waals surface area contributed by atoms with Gasteiger partial charge >= 0.3 is 0 Å². The highest BCUT2D eigenvalue weighted by molar-refractivity contribution is 7.98. The van der Waals surface area contributed by atoms with Gasteiger partial charge in [-0.3, -0.25) is 4.79 Å². The van der Waals surface area contributed by atoms with E-state index in [0.29, 0.717) is 27.3 Å². The minimum Gasteiger partial charge on any atom is -0.300 e. The molecule has 0 fully saturated rings. The predicted octanol–water partition coefficient (Wildman–Crippen LogP) is 6.09. The minimum atomic E-state index is -0.492. The molecule has 0 saturated carbocycles. The third-order valence-electron chi connectivity index (χ3n) is 5.74. The third-order valence-corrected chi connectivity index (χ3v) is 7.96. The van der Waals surface area contributed by atoms with Gasteiger partial charge in [0.2, 0.25) is 4.96 Å². The van der Waals surface area contributed by atoms with E-state index < -0.39 is 5.56 Å². The minimum absolute atomic E-state index is 0.0628. The Morgan fingerprint density at radius 2 is 1.74 bits per heavy atom. The lowest BCUT2D eigenvalue weighted by atomic mass is 10.1. The van der Waals surface area contributed by atoms with E-state index in [9.17, 15) is 10.1 Å². The summed E-state index contributed by atoms with van der Waals surface area (Å²) in [6.45, 7) is 0. The van der Waals surface area contributed by atoms with Crippen LogP contribution in [0.15, 0.2) is 88.8 Å². The van der Waals surface area contributed by atoms with Crippen LogP contribution >= 0.6 is 34.7 Å². The van der Waals surface area contributed by atoms with E-state index in [1.165, 1.54) is 23.1 Å². The summed E-state index contributed by atoms with van der Waals surface area (Å²) in [5.41, 5.74) is 3.23. The lowest BCUT2D eigenvalue weighted by Crippen LogP contribution is -2.14. The summed E-state index contributed by atoms with van der Waals surface area (Å²) >= 11 is 9.15. The van der Waals surface area contributed by atoms with Crippen LogP contribution in [0.5, 0.6) is 0 Å². The second-order valence-corrected chi connectivity index (χ2v) is 10.5. The SMILES string of the molecule is N#Cc1c(-c2ccccc2Cl)nc(SCc2ccc(-c3nn4c(-c5ccccc5)nnc4s3)cc2)[nH]c1=O. The van der Waals surface area contributed by atoms with Gasteiger partial charge in [0.05, 0.1) is 10.7 Å². The first-order valence-corrected chi connectivity index (χ1v) is 13.6. The van der Waals surface area contributed by atoms with Gasteiger partial charge in [-0.2, -0.15) is 14.9 Å². The molecule has 8 nitrogen and oxygen atoms in total. The molecule has 184 valence electrons. The largest absolute Gasteiger partial charge is 0.300 e. The Hall–Kier alpha value is -4.30. The maximum Gasteiger partial charge on any atom is 0.270 e. The summed E-state index contributed by atoms with van der Waals surface area (Å²) in [7, 11) is 0. The third kappa shape index (κ3) is 4.59. The number of nitriles is 1. The number of thioether (sulfide) groups is 1. The predicted molar refractivity (Wildman–Crippen MR) is 149 cm³/mol. The van der Waals surface area contributed by atoms with Gasteiger partial charge in [0, 0.05) is 22.4 Å². The number of hydrogen-bond acceptors (Lipinski definition) is 8. The number of benzene rings is 3. The molecule has 0 spiro atoms. The Balaban J connectivity index is 1.22. The van der Waals surface area contributed by atoms with Gasteiger partial charge in [0.1, 0.15) is 16.6 Å². The van der Waals surface area contributed by atoms with E-state index in [0.717, 1.165) is 26.7 Å². The van der Waals surface area contributed by atoms with E-state index in [1.54, 1.807) is 28.8 Å². The van der Waals surface area contributed by atoms with E-state index in [2.05, 4.69) is 20.2 Å². The van der Waals surface area contributed by atoms with Gasteiger partial charge in [-0.05, 0) is 11.6 Å². The number of halogens is 1. The lowest BCUT2D eigenvalue weighted by molar-refractivity contribution is 0.934. The first-order valence-electron chi connectivity index (χ1n) is 11.4. The summed E-state index contributed by atoms with van der Waals surface area (Å²) in [5.74, 6) is 1.27. The summed E-state index contributed by atoms with van der Waals surface area (Å²) < 4.78 is 1.77. The molecule has 0 aliphatic heterocycles. The molecule has 0 saturated heterocycles. The Morgan fingerprint density at radius 3 is 2.50 bits per heavy atom. The average Bonchev–Trinajstić information content (AvgIpc) is 3.54. The fourth-order valence-electron chi connectivity index (χ4n) is 3.87. The summed E-state index contributed by atoms with van der Waals surface area (Å²) in [6, 6.07) is 26.8. The highest BCUT2D eigenvalue weighted by Crippen LogP contribution is 2.31. The average molecular weight is 554 g/mol. The monoisotopic (exact) mass is 553 g/mol. The summed E-state index contributed by atoms with van der Waals surface area (Å²) in [4.78, 5) is 20.5. The fraction of sp³-hybridized carbons (Fsp3) is 0.0370. The Kier molecular flexibility index (Phi) is 6.47. The summed E-state index contributed by atoms with van der Waals surface area (Å²) in [5, 5.41) is 24.5. The van der Waals surface area contributed by atoms with Crippen LogP contribution in [0.1, 0.15) is 11.1 Å². The van der Waals surface area contributed by atoms with Gasteiger partial charge in [-0.1, -0.05) is 107 Å². The van der Waals surface area contributed by atoms with Gasteiger partial charge in [-0.25, -0.2) is 4.98 Å². The molecular weight excluding hydrogens is 538 g/mol. The van der Waals surface area contributed by atoms with E-state index in [4.69, 9.17) is 16.7 Å². The van der Waals surface area contributed by atoms with Crippen molar-refractivity contribution >= 4 is 39.7 Å². The molecule has 0 radical (unpaired) electrons. The molecule has 0 aliphatic carbocycles. The van der Waals surface area contributed by atoms with Crippen molar-refractivity contribution in [1.29, 1.82) is 5.26 Å². The van der Waals surface area contributed by atoms with Gasteiger partial charge in [-0.15, -0.1) is 10.2 Å². The van der Waals surface area contributed by atoms with Gasteiger partial charge < -0.3 is 4.98 Å². The number of rotatable bonds is 6. The molecule has 0 amide bonds. The van der Waals surface area contributed by atoms with Crippen LogP contribution in [0, 0.1) is 11.3 Å². The van der Waals surface area contributed by atoms with Crippen molar-refractivity contribution in [3.8, 4) is 39.3 Å². The second kappa shape index (κ2) is 10.2. The standard InChI is InChI=1S/C27H16ClN7OS2/c28-21-9-5-4-8-19(21)22-20(14-29)24(36)31-26(30-22)37-15-16-10-12-18(13-11-16)25-34-35-23(32-33-27(35)38-25)17-6-2-1-3-7-17/h1-13H,15H2,(H,30,31,36). The molecule has 11 heteroatoms. The van der Waals surface area contributed by atoms with Crippen molar-refractivity contribution in [2.45, 2.75) is 10.9 Å². The highest BCUT2D eigenvalue weighted by atomic mass is 35.5. The van der Waals surface area contributed by atoms with Crippen molar-refractivity contribution in [2.24, 2.45) is 0 Å². The van der Waals surface area contributed by atoms with Crippen LogP contribution in [0.25, 0.3) is 38.2 Å². The van der Waals surface area contributed by atoms with Crippen LogP contribution in [0.2, 0.25) is 5.02 Å². The number of aromatic nitrogens is 6. The molecule has 0 atom stereocenters. The molecule has 6 aromatic rings. The Morgan fingerprint density at radius 1 is 0.974 bits per heavy atom. The molecule has 3 heterocycles. The molecule has 0 bridgehead atoms. The number of fused-ring (bicyclic) bond motifs is 1. The number of nitrogens with one attached hydrogen (secondary N) is 1. The van der Waals surface area contributed by atoms with Crippen molar-refractivity contribution < 1.29 is 0 Å². The number of aromatic amines is 1. The van der Waals surface area contributed by atoms with Crippen LogP contribution in [-0.2, 0) is 5.75 Å². The van der Waals surface area contributed by atoms with Crippen molar-refractivity contribution in [2.75, 3.05) is 0 Å². The first-order chi connectivity index (χ1) is 18.6. The quantitative estimate of drug-likeness (QED) is 0.196. The Bertz CT molecular complexity index is 1870. The maximum atomic E-state index is 12.6. The highest BCUT2D eigenvalue weighted by Gasteiger charge is 2.17. The van der Waals surface area contributed by atoms with Crippen molar-refractivity contribution in [3.05, 3.63) is 105 Å². The fourth-order valence-corrected chi connectivity index (χ4v) is 5.76. The number of nitrogens with zero attached hydrogens (tertiary/aromatic N) is 6. The van der Waals surface area contributed by atoms with Gasteiger partial charge in [0.25, 0.3) is 5.56 Å². The maximum absolute atomic E-state index is 12.6. The van der Waals surface area contributed by atoms with Crippen LogP contribution in [-0.4, -0.2) is 29.8 Å². The van der Waals surface area contributed by atoms with Crippen LogP contribution < -0.4 is 5.56 Å². The van der Waals surface area contributed by atoms with E-state index in [1.807, 2.05) is 60.7 Å². The lowest BCUT2D eigenvalue weighted by Gasteiger charge is -2.08. The first kappa shape index (κ1) is 24.1. The van der Waals surface area contributed by atoms with Crippen LogP contribution in [0.3, 0.4) is 0 Å². The van der Waals surface area contributed by atoms with E-state index in [-0.39, 0.29) is 11.3 Å². The molecule has 1 N–H and O–H groups in total. The zero-order valence-electron chi connectivity index (χ0n) is 19.5. The Labute approximate surface area is 229 Å². The second-order valence-electron chi connectivity index (χ2n) is 8.16. The zero-order chi connectivity index (χ0) is 26.1. The molecule has 0 aliphatic rings. The molecule has 3 aromatic carbocycles. The van der Waals surface area contributed by atoms with Crippen LogP contribution in [0.4, 0.5) is 0 Å². The van der Waals surface area contributed by atoms with E-state index >= 15 is 0 Å². The molecule has 38 heavy (non-hydrogen) atoms. The molecular formula is C27H16ClN7OS2. The molecule has 0 unspecified atom stereocenters. The zero-order valence-corrected chi connectivity index (χ0v) is 21.9. The normalized spacial score (nSPS) is 11.1. The topological polar surface area (TPSA) is 113 Å². The summed E-state index contributed by atoms with van der Waals surface area (Å²) in [6.07, 6.45) is 0. The molecule has 6 rings (SSSR count). The smallest absolute Gasteiger partial charge is 0.270 e. The number of hydrogen-bond donors (Lipinski definition) is 1. The van der Waals surface area contributed by atoms with Crippen molar-refractivity contribution in [1.82, 2.24) is 29.8 Å².